The number of primary amides is 1. The maximum absolute atomic E-state index is 13.0. The van der Waals surface area contributed by atoms with Crippen LogP contribution in [0, 0.1) is 0 Å². The first-order valence-electron chi connectivity index (χ1n) is 7.19. The summed E-state index contributed by atoms with van der Waals surface area (Å²) in [6.45, 7) is 0. The van der Waals surface area contributed by atoms with Gasteiger partial charge in [0.1, 0.15) is 6.04 Å². The fourth-order valence-corrected chi connectivity index (χ4v) is 2.50. The Morgan fingerprint density at radius 1 is 1.12 bits per heavy atom. The van der Waals surface area contributed by atoms with Gasteiger partial charge in [-0.25, -0.2) is 0 Å². The van der Waals surface area contributed by atoms with Crippen molar-refractivity contribution in [2.24, 2.45) is 5.73 Å². The zero-order valence-electron chi connectivity index (χ0n) is 12.8. The van der Waals surface area contributed by atoms with Crippen LogP contribution in [0.15, 0.2) is 48.5 Å². The average molecular weight is 371 g/mol. The molecule has 0 heterocycles. The minimum atomic E-state index is -4.69. The molecule has 2 aromatic carbocycles. The first-order chi connectivity index (χ1) is 11.7. The molecule has 8 heteroatoms. The summed E-state index contributed by atoms with van der Waals surface area (Å²) < 4.78 is 39.0. The molecule has 2 amide bonds. The third-order valence-corrected chi connectivity index (χ3v) is 3.69. The van der Waals surface area contributed by atoms with Gasteiger partial charge in [0, 0.05) is 11.4 Å². The Kier molecular flexibility index (Phi) is 5.69. The van der Waals surface area contributed by atoms with Crippen molar-refractivity contribution in [3.8, 4) is 0 Å². The Labute approximate surface area is 146 Å². The number of hydrogen-bond donors (Lipinski definition) is 2. The summed E-state index contributed by atoms with van der Waals surface area (Å²) in [6.07, 6.45) is -4.68. The van der Waals surface area contributed by atoms with Crippen molar-refractivity contribution in [3.05, 3.63) is 70.2 Å². The number of nitrogens with one attached hydrogen (secondary N) is 1. The number of carbonyl (C=O) groups excluding carboxylic acids is 2. The molecule has 132 valence electrons. The maximum atomic E-state index is 13.0. The van der Waals surface area contributed by atoms with E-state index in [9.17, 15) is 22.8 Å². The molecule has 0 spiro atoms. The van der Waals surface area contributed by atoms with E-state index in [1.54, 1.807) is 24.3 Å². The maximum Gasteiger partial charge on any atom is 0.417 e. The zero-order chi connectivity index (χ0) is 18.6. The van der Waals surface area contributed by atoms with Crippen LogP contribution in [0.2, 0.25) is 5.02 Å². The Balaban J connectivity index is 2.23. The summed E-state index contributed by atoms with van der Waals surface area (Å²) in [5.74, 6) is -1.89. The lowest BCUT2D eigenvalue weighted by Gasteiger charge is -2.18. The second-order valence-electron chi connectivity index (χ2n) is 5.31. The van der Waals surface area contributed by atoms with Crippen molar-refractivity contribution < 1.29 is 22.8 Å². The van der Waals surface area contributed by atoms with E-state index in [0.717, 1.165) is 12.1 Å². The highest BCUT2D eigenvalue weighted by molar-refractivity contribution is 6.30. The predicted molar refractivity (Wildman–Crippen MR) is 87.0 cm³/mol. The summed E-state index contributed by atoms with van der Waals surface area (Å²) in [5.41, 5.74) is 4.21. The first kappa shape index (κ1) is 18.8. The Morgan fingerprint density at radius 2 is 1.80 bits per heavy atom. The Hall–Kier alpha value is -2.54. The van der Waals surface area contributed by atoms with Crippen LogP contribution in [0.5, 0.6) is 0 Å². The summed E-state index contributed by atoms with van der Waals surface area (Å²) in [5, 5.41) is 2.68. The highest BCUT2D eigenvalue weighted by Gasteiger charge is 2.35. The number of amides is 2. The second-order valence-corrected chi connectivity index (χ2v) is 5.74. The predicted octanol–water partition coefficient (Wildman–Crippen LogP) is 3.19. The number of benzene rings is 2. The van der Waals surface area contributed by atoms with Crippen molar-refractivity contribution >= 4 is 23.4 Å². The van der Waals surface area contributed by atoms with E-state index in [0.29, 0.717) is 10.6 Å². The van der Waals surface area contributed by atoms with Gasteiger partial charge in [-0.3, -0.25) is 9.59 Å². The molecule has 0 fully saturated rings. The highest BCUT2D eigenvalue weighted by Crippen LogP contribution is 2.31. The standard InChI is InChI=1S/C17H14ClF3N2O2/c18-11-5-3-4-10(8-11)9-14(15(22)24)23-16(25)12-6-1-2-7-13(12)17(19,20)21/h1-8,14H,9H2,(H2,22,24)(H,23,25)/t14-/m0/s1. The van der Waals surface area contributed by atoms with Gasteiger partial charge in [-0.2, -0.15) is 13.2 Å². The quantitative estimate of drug-likeness (QED) is 0.848. The van der Waals surface area contributed by atoms with Crippen LogP contribution in [0.4, 0.5) is 13.2 Å². The molecule has 3 N–H and O–H groups in total. The minimum Gasteiger partial charge on any atom is -0.368 e. The zero-order valence-corrected chi connectivity index (χ0v) is 13.6. The lowest BCUT2D eigenvalue weighted by molar-refractivity contribution is -0.137. The molecule has 25 heavy (non-hydrogen) atoms. The van der Waals surface area contributed by atoms with Gasteiger partial charge in [-0.1, -0.05) is 35.9 Å². The number of rotatable bonds is 5. The topological polar surface area (TPSA) is 72.2 Å². The third-order valence-electron chi connectivity index (χ3n) is 3.45. The van der Waals surface area contributed by atoms with Gasteiger partial charge in [-0.05, 0) is 29.8 Å². The van der Waals surface area contributed by atoms with Crippen LogP contribution in [0.25, 0.3) is 0 Å². The van der Waals surface area contributed by atoms with E-state index in [1.807, 2.05) is 0 Å². The van der Waals surface area contributed by atoms with Gasteiger partial charge in [0.15, 0.2) is 0 Å². The van der Waals surface area contributed by atoms with Gasteiger partial charge in [0.25, 0.3) is 5.91 Å². The lowest BCUT2D eigenvalue weighted by atomic mass is 10.0. The molecular formula is C17H14ClF3N2O2. The summed E-state index contributed by atoms with van der Waals surface area (Å²) >= 11 is 5.85. The molecule has 2 aromatic rings. The smallest absolute Gasteiger partial charge is 0.368 e. The molecule has 0 aliphatic rings. The van der Waals surface area contributed by atoms with Crippen LogP contribution in [0.3, 0.4) is 0 Å². The molecule has 0 aliphatic heterocycles. The number of carbonyl (C=O) groups is 2. The number of hydrogen-bond acceptors (Lipinski definition) is 2. The molecule has 0 radical (unpaired) electrons. The molecule has 0 unspecified atom stereocenters. The Morgan fingerprint density at radius 3 is 2.40 bits per heavy atom. The SMILES string of the molecule is NC(=O)[C@H](Cc1cccc(Cl)c1)NC(=O)c1ccccc1C(F)(F)F. The van der Waals surface area contributed by atoms with Crippen LogP contribution >= 0.6 is 11.6 Å². The molecule has 1 atom stereocenters. The van der Waals surface area contributed by atoms with Crippen LogP contribution < -0.4 is 11.1 Å². The molecule has 0 aromatic heterocycles. The molecule has 0 aliphatic carbocycles. The molecule has 0 saturated carbocycles. The monoisotopic (exact) mass is 370 g/mol. The molecular weight excluding hydrogens is 357 g/mol. The van der Waals surface area contributed by atoms with Crippen LogP contribution in [-0.2, 0) is 17.4 Å². The average Bonchev–Trinajstić information content (AvgIpc) is 2.53. The lowest BCUT2D eigenvalue weighted by Crippen LogP contribution is -2.46. The molecule has 0 bridgehead atoms. The minimum absolute atomic E-state index is 0.00974. The van der Waals surface area contributed by atoms with Crippen LogP contribution in [-0.4, -0.2) is 17.9 Å². The highest BCUT2D eigenvalue weighted by atomic mass is 35.5. The fraction of sp³-hybridized carbons (Fsp3) is 0.176. The fourth-order valence-electron chi connectivity index (χ4n) is 2.29. The molecule has 2 rings (SSSR count). The number of alkyl halides is 3. The van der Waals surface area contributed by atoms with Gasteiger partial charge >= 0.3 is 6.18 Å². The van der Waals surface area contributed by atoms with Crippen molar-refractivity contribution in [2.45, 2.75) is 18.6 Å². The van der Waals surface area contributed by atoms with Crippen molar-refractivity contribution in [3.63, 3.8) is 0 Å². The Bertz CT molecular complexity index is 793. The van der Waals surface area contributed by atoms with Gasteiger partial charge in [0.05, 0.1) is 11.1 Å². The third kappa shape index (κ3) is 4.96. The van der Waals surface area contributed by atoms with E-state index < -0.39 is 35.2 Å². The second kappa shape index (κ2) is 7.57. The number of nitrogens with two attached hydrogens (primary N) is 1. The van der Waals surface area contributed by atoms with E-state index in [-0.39, 0.29) is 6.42 Å². The number of halogens is 4. The van der Waals surface area contributed by atoms with Gasteiger partial charge in [-0.15, -0.1) is 0 Å². The normalized spacial score (nSPS) is 12.5. The van der Waals surface area contributed by atoms with E-state index in [1.165, 1.54) is 12.1 Å². The molecule has 0 saturated heterocycles. The molecule has 4 nitrogen and oxygen atoms in total. The van der Waals surface area contributed by atoms with E-state index in [2.05, 4.69) is 5.32 Å². The van der Waals surface area contributed by atoms with E-state index >= 15 is 0 Å². The van der Waals surface area contributed by atoms with Crippen molar-refractivity contribution in [2.75, 3.05) is 0 Å². The van der Waals surface area contributed by atoms with Crippen molar-refractivity contribution in [1.29, 1.82) is 0 Å². The summed E-state index contributed by atoms with van der Waals surface area (Å²) in [6, 6.07) is 9.66. The van der Waals surface area contributed by atoms with Crippen LogP contribution in [0.1, 0.15) is 21.5 Å². The largest absolute Gasteiger partial charge is 0.417 e. The summed E-state index contributed by atoms with van der Waals surface area (Å²) in [4.78, 5) is 23.8. The van der Waals surface area contributed by atoms with Crippen molar-refractivity contribution in [1.82, 2.24) is 5.32 Å². The van der Waals surface area contributed by atoms with Gasteiger partial charge in [0.2, 0.25) is 5.91 Å². The summed E-state index contributed by atoms with van der Waals surface area (Å²) in [7, 11) is 0. The van der Waals surface area contributed by atoms with E-state index in [4.69, 9.17) is 17.3 Å². The first-order valence-corrected chi connectivity index (χ1v) is 7.57. The van der Waals surface area contributed by atoms with Gasteiger partial charge < -0.3 is 11.1 Å².